The molecule has 2 saturated heterocycles. The van der Waals surface area contributed by atoms with Gasteiger partial charge in [0.05, 0.1) is 4.92 Å². The van der Waals surface area contributed by atoms with Crippen LogP contribution in [0.3, 0.4) is 0 Å². The molecular weight excluding hydrogens is 300 g/mol. The van der Waals surface area contributed by atoms with E-state index in [1.54, 1.807) is 12.1 Å². The van der Waals surface area contributed by atoms with Crippen LogP contribution in [-0.4, -0.2) is 60.3 Å². The number of amides is 1. The molecule has 8 heteroatoms. The molecule has 0 bridgehead atoms. The zero-order valence-electron chi connectivity index (χ0n) is 12.8. The van der Waals surface area contributed by atoms with E-state index in [0.717, 1.165) is 31.6 Å². The van der Waals surface area contributed by atoms with Gasteiger partial charge in [0, 0.05) is 51.0 Å². The summed E-state index contributed by atoms with van der Waals surface area (Å²) in [4.78, 5) is 27.5. The first-order valence-corrected chi connectivity index (χ1v) is 7.82. The highest BCUT2D eigenvalue weighted by Crippen LogP contribution is 2.34. The molecule has 1 N–H and O–H groups in total. The van der Waals surface area contributed by atoms with Crippen LogP contribution in [0.5, 0.6) is 0 Å². The molecule has 124 valence electrons. The summed E-state index contributed by atoms with van der Waals surface area (Å²) in [6.45, 7) is 3.79. The van der Waals surface area contributed by atoms with Crippen molar-refractivity contribution in [2.45, 2.75) is 12.8 Å². The van der Waals surface area contributed by atoms with Gasteiger partial charge in [-0.2, -0.15) is 0 Å². The SMILES string of the molecule is O=C(O)N1CCN(c2ccc([N+](=O)[O-])c(N3CCCC3)c2)CC1. The number of carbonyl (C=O) groups is 1. The second kappa shape index (κ2) is 6.31. The smallest absolute Gasteiger partial charge is 0.407 e. The lowest BCUT2D eigenvalue weighted by Crippen LogP contribution is -2.48. The number of hydrogen-bond acceptors (Lipinski definition) is 5. The zero-order valence-corrected chi connectivity index (χ0v) is 12.8. The van der Waals surface area contributed by atoms with Gasteiger partial charge in [-0.25, -0.2) is 4.79 Å². The molecule has 0 saturated carbocycles. The van der Waals surface area contributed by atoms with Crippen molar-refractivity contribution in [1.29, 1.82) is 0 Å². The van der Waals surface area contributed by atoms with Gasteiger partial charge in [-0.3, -0.25) is 10.1 Å². The molecule has 2 heterocycles. The molecule has 2 aliphatic heterocycles. The summed E-state index contributed by atoms with van der Waals surface area (Å²) >= 11 is 0. The second-order valence-electron chi connectivity index (χ2n) is 5.88. The van der Waals surface area contributed by atoms with E-state index in [-0.39, 0.29) is 10.6 Å². The van der Waals surface area contributed by atoms with Gasteiger partial charge < -0.3 is 19.8 Å². The van der Waals surface area contributed by atoms with E-state index < -0.39 is 6.09 Å². The Morgan fingerprint density at radius 1 is 1.04 bits per heavy atom. The third-order valence-corrected chi connectivity index (χ3v) is 4.52. The Balaban J connectivity index is 1.82. The average molecular weight is 320 g/mol. The number of nitro benzene ring substituents is 1. The Bertz CT molecular complexity index is 607. The van der Waals surface area contributed by atoms with E-state index in [4.69, 9.17) is 5.11 Å². The number of nitrogens with zero attached hydrogens (tertiary/aromatic N) is 4. The summed E-state index contributed by atoms with van der Waals surface area (Å²) in [5.74, 6) is 0. The van der Waals surface area contributed by atoms with Gasteiger partial charge >= 0.3 is 6.09 Å². The number of nitro groups is 1. The molecule has 0 aromatic heterocycles. The summed E-state index contributed by atoms with van der Waals surface area (Å²) in [5.41, 5.74) is 1.73. The van der Waals surface area contributed by atoms with E-state index in [0.29, 0.717) is 31.9 Å². The van der Waals surface area contributed by atoms with Crippen LogP contribution in [0.2, 0.25) is 0 Å². The van der Waals surface area contributed by atoms with Crippen LogP contribution in [-0.2, 0) is 0 Å². The Labute approximate surface area is 134 Å². The van der Waals surface area contributed by atoms with Crippen molar-refractivity contribution in [2.75, 3.05) is 49.1 Å². The fourth-order valence-corrected chi connectivity index (χ4v) is 3.23. The molecule has 1 aromatic rings. The number of anilines is 2. The first-order chi connectivity index (χ1) is 11.1. The molecular formula is C15H20N4O4. The fraction of sp³-hybridized carbons (Fsp3) is 0.533. The summed E-state index contributed by atoms with van der Waals surface area (Å²) in [7, 11) is 0. The van der Waals surface area contributed by atoms with Crippen LogP contribution in [0.4, 0.5) is 21.9 Å². The summed E-state index contributed by atoms with van der Waals surface area (Å²) in [5, 5.41) is 20.3. The number of piperazine rings is 1. The third kappa shape index (κ3) is 3.15. The maximum atomic E-state index is 11.3. The third-order valence-electron chi connectivity index (χ3n) is 4.52. The van der Waals surface area contributed by atoms with Crippen molar-refractivity contribution in [3.05, 3.63) is 28.3 Å². The van der Waals surface area contributed by atoms with Gasteiger partial charge in [0.2, 0.25) is 0 Å². The number of benzene rings is 1. The van der Waals surface area contributed by atoms with Gasteiger partial charge in [0.1, 0.15) is 5.69 Å². The molecule has 0 radical (unpaired) electrons. The number of rotatable bonds is 3. The van der Waals surface area contributed by atoms with Crippen LogP contribution in [0, 0.1) is 10.1 Å². The Morgan fingerprint density at radius 3 is 2.26 bits per heavy atom. The van der Waals surface area contributed by atoms with Crippen LogP contribution >= 0.6 is 0 Å². The predicted octanol–water partition coefficient (Wildman–Crippen LogP) is 2.00. The van der Waals surface area contributed by atoms with E-state index in [9.17, 15) is 14.9 Å². The highest BCUT2D eigenvalue weighted by atomic mass is 16.6. The quantitative estimate of drug-likeness (QED) is 0.676. The predicted molar refractivity (Wildman–Crippen MR) is 86.4 cm³/mol. The molecule has 0 unspecified atom stereocenters. The van der Waals surface area contributed by atoms with Gasteiger partial charge in [-0.05, 0) is 25.0 Å². The molecule has 3 rings (SSSR count). The van der Waals surface area contributed by atoms with E-state index in [1.165, 1.54) is 4.90 Å². The minimum absolute atomic E-state index is 0.139. The molecule has 0 atom stereocenters. The van der Waals surface area contributed by atoms with Crippen molar-refractivity contribution in [2.24, 2.45) is 0 Å². The van der Waals surface area contributed by atoms with Crippen LogP contribution in [0.15, 0.2) is 18.2 Å². The van der Waals surface area contributed by atoms with Crippen LogP contribution in [0.1, 0.15) is 12.8 Å². The Kier molecular flexibility index (Phi) is 4.22. The summed E-state index contributed by atoms with van der Waals surface area (Å²) in [6.07, 6.45) is 1.21. The van der Waals surface area contributed by atoms with Crippen molar-refractivity contribution in [1.82, 2.24) is 4.90 Å². The molecule has 1 amide bonds. The zero-order chi connectivity index (χ0) is 16.4. The molecule has 0 spiro atoms. The first kappa shape index (κ1) is 15.4. The fourth-order valence-electron chi connectivity index (χ4n) is 3.23. The van der Waals surface area contributed by atoms with Gasteiger partial charge in [-0.15, -0.1) is 0 Å². The Morgan fingerprint density at radius 2 is 1.70 bits per heavy atom. The lowest BCUT2D eigenvalue weighted by molar-refractivity contribution is -0.384. The summed E-state index contributed by atoms with van der Waals surface area (Å²) < 4.78 is 0. The minimum atomic E-state index is -0.897. The van der Waals surface area contributed by atoms with Crippen molar-refractivity contribution >= 4 is 23.2 Å². The lowest BCUT2D eigenvalue weighted by Gasteiger charge is -2.35. The first-order valence-electron chi connectivity index (χ1n) is 7.82. The molecule has 2 aliphatic rings. The van der Waals surface area contributed by atoms with Crippen LogP contribution in [0.25, 0.3) is 0 Å². The maximum Gasteiger partial charge on any atom is 0.407 e. The van der Waals surface area contributed by atoms with Crippen LogP contribution < -0.4 is 9.80 Å². The molecule has 1 aromatic carbocycles. The monoisotopic (exact) mass is 320 g/mol. The van der Waals surface area contributed by atoms with E-state index in [2.05, 4.69) is 9.80 Å². The average Bonchev–Trinajstić information content (AvgIpc) is 3.08. The van der Waals surface area contributed by atoms with E-state index >= 15 is 0 Å². The van der Waals surface area contributed by atoms with Gasteiger partial charge in [-0.1, -0.05) is 0 Å². The number of hydrogen-bond donors (Lipinski definition) is 1. The van der Waals surface area contributed by atoms with E-state index in [1.807, 2.05) is 6.07 Å². The topological polar surface area (TPSA) is 90.2 Å². The van der Waals surface area contributed by atoms with Gasteiger partial charge in [0.25, 0.3) is 5.69 Å². The minimum Gasteiger partial charge on any atom is -0.465 e. The highest BCUT2D eigenvalue weighted by Gasteiger charge is 2.25. The van der Waals surface area contributed by atoms with Crippen molar-refractivity contribution < 1.29 is 14.8 Å². The largest absolute Gasteiger partial charge is 0.465 e. The standard InChI is InChI=1S/C15H20N4O4/c20-15(21)18-9-7-16(8-10-18)12-3-4-13(19(22)23)14(11-12)17-5-1-2-6-17/h3-4,11H,1-2,5-10H2,(H,20,21). The molecule has 23 heavy (non-hydrogen) atoms. The van der Waals surface area contributed by atoms with Crippen molar-refractivity contribution in [3.63, 3.8) is 0 Å². The number of carboxylic acid groups (broad SMARTS) is 1. The lowest BCUT2D eigenvalue weighted by atomic mass is 10.2. The second-order valence-corrected chi connectivity index (χ2v) is 5.88. The normalized spacial score (nSPS) is 18.3. The summed E-state index contributed by atoms with van der Waals surface area (Å²) in [6, 6.07) is 5.20. The molecule has 2 fully saturated rings. The molecule has 8 nitrogen and oxygen atoms in total. The Hall–Kier alpha value is -2.51. The van der Waals surface area contributed by atoms with Crippen molar-refractivity contribution in [3.8, 4) is 0 Å². The van der Waals surface area contributed by atoms with Gasteiger partial charge in [0.15, 0.2) is 0 Å². The maximum absolute atomic E-state index is 11.3. The molecule has 0 aliphatic carbocycles. The highest BCUT2D eigenvalue weighted by molar-refractivity contribution is 5.71.